The SMILES string of the molecule is CC1(C)CCC(COc2cccc(-c3cn(C4CCC(N5CCCC5C(N)=O)CC4)c4ncnc(N)c34)c2)O1. The van der Waals surface area contributed by atoms with E-state index in [0.29, 0.717) is 24.5 Å². The summed E-state index contributed by atoms with van der Waals surface area (Å²) in [4.78, 5) is 23.3. The molecule has 3 aliphatic rings. The third-order valence-electron chi connectivity index (χ3n) is 8.92. The maximum absolute atomic E-state index is 11.9. The van der Waals surface area contributed by atoms with Crippen LogP contribution in [0.1, 0.15) is 71.3 Å². The van der Waals surface area contributed by atoms with Gasteiger partial charge in [-0.15, -0.1) is 0 Å². The van der Waals surface area contributed by atoms with Gasteiger partial charge in [-0.05, 0) is 89.5 Å². The number of benzene rings is 1. The third-order valence-corrected chi connectivity index (χ3v) is 8.92. The van der Waals surface area contributed by atoms with Crippen molar-refractivity contribution < 1.29 is 14.3 Å². The van der Waals surface area contributed by atoms with Crippen molar-refractivity contribution in [2.75, 3.05) is 18.9 Å². The van der Waals surface area contributed by atoms with E-state index in [0.717, 1.165) is 85.8 Å². The number of anilines is 1. The van der Waals surface area contributed by atoms with Crippen LogP contribution in [0.25, 0.3) is 22.2 Å². The molecule has 1 aromatic carbocycles. The van der Waals surface area contributed by atoms with Gasteiger partial charge in [0.2, 0.25) is 5.91 Å². The number of primary amides is 1. The highest BCUT2D eigenvalue weighted by atomic mass is 16.6. The van der Waals surface area contributed by atoms with E-state index in [1.54, 1.807) is 6.33 Å². The summed E-state index contributed by atoms with van der Waals surface area (Å²) in [6.45, 7) is 5.77. The Balaban J connectivity index is 1.22. The number of nitrogens with two attached hydrogens (primary N) is 2. The van der Waals surface area contributed by atoms with Gasteiger partial charge in [0, 0.05) is 23.8 Å². The van der Waals surface area contributed by atoms with Crippen LogP contribution in [0.15, 0.2) is 36.8 Å². The first kappa shape index (κ1) is 26.1. The Labute approximate surface area is 229 Å². The number of carbonyl (C=O) groups is 1. The fraction of sp³-hybridized carbons (Fsp3) is 0.567. The van der Waals surface area contributed by atoms with Crippen LogP contribution < -0.4 is 16.2 Å². The lowest BCUT2D eigenvalue weighted by Gasteiger charge is -2.37. The summed E-state index contributed by atoms with van der Waals surface area (Å²) in [6.07, 6.45) is 11.9. The van der Waals surface area contributed by atoms with E-state index in [9.17, 15) is 4.79 Å². The monoisotopic (exact) mass is 532 g/mol. The summed E-state index contributed by atoms with van der Waals surface area (Å²) >= 11 is 0. The van der Waals surface area contributed by atoms with Gasteiger partial charge in [-0.1, -0.05) is 12.1 Å². The maximum atomic E-state index is 11.9. The zero-order valence-electron chi connectivity index (χ0n) is 23.0. The average Bonchev–Trinajstić information content (AvgIpc) is 3.65. The van der Waals surface area contributed by atoms with Gasteiger partial charge in [-0.25, -0.2) is 9.97 Å². The summed E-state index contributed by atoms with van der Waals surface area (Å²) in [7, 11) is 0. The van der Waals surface area contributed by atoms with Crippen molar-refractivity contribution in [1.29, 1.82) is 0 Å². The number of ether oxygens (including phenoxy) is 2. The predicted octanol–water partition coefficient (Wildman–Crippen LogP) is 4.45. The van der Waals surface area contributed by atoms with Gasteiger partial charge in [0.1, 0.15) is 30.1 Å². The number of rotatable bonds is 7. The molecule has 2 atom stereocenters. The van der Waals surface area contributed by atoms with E-state index in [4.69, 9.17) is 20.9 Å². The lowest BCUT2D eigenvalue weighted by Crippen LogP contribution is -2.47. The molecule has 6 rings (SSSR count). The summed E-state index contributed by atoms with van der Waals surface area (Å²) in [5, 5.41) is 0.881. The molecule has 0 radical (unpaired) electrons. The molecule has 2 aliphatic heterocycles. The average molecular weight is 533 g/mol. The molecule has 3 fully saturated rings. The van der Waals surface area contributed by atoms with Crippen molar-refractivity contribution in [2.45, 2.75) is 95.0 Å². The molecule has 3 aromatic rings. The number of fused-ring (bicyclic) bond motifs is 1. The van der Waals surface area contributed by atoms with Gasteiger partial charge in [0.25, 0.3) is 0 Å². The second-order valence-electron chi connectivity index (χ2n) is 12.0. The first-order chi connectivity index (χ1) is 18.8. The molecule has 2 saturated heterocycles. The molecule has 1 aliphatic carbocycles. The number of hydrogen-bond donors (Lipinski definition) is 2. The van der Waals surface area contributed by atoms with Crippen molar-refractivity contribution in [3.05, 3.63) is 36.8 Å². The minimum atomic E-state index is -0.186. The van der Waals surface area contributed by atoms with E-state index in [1.165, 1.54) is 0 Å². The lowest BCUT2D eigenvalue weighted by atomic mass is 9.89. The molecule has 1 amide bonds. The Morgan fingerprint density at radius 2 is 1.92 bits per heavy atom. The number of aromatic nitrogens is 3. The molecule has 0 spiro atoms. The van der Waals surface area contributed by atoms with Crippen LogP contribution in [-0.2, 0) is 9.53 Å². The van der Waals surface area contributed by atoms with E-state index in [1.807, 2.05) is 12.1 Å². The smallest absolute Gasteiger partial charge is 0.234 e. The fourth-order valence-electron chi connectivity index (χ4n) is 6.94. The Kier molecular flexibility index (Phi) is 6.97. The molecule has 2 aromatic heterocycles. The van der Waals surface area contributed by atoms with Crippen LogP contribution in [0.2, 0.25) is 0 Å². The minimum Gasteiger partial charge on any atom is -0.491 e. The number of carbonyl (C=O) groups excluding carboxylic acids is 1. The van der Waals surface area contributed by atoms with Crippen LogP contribution >= 0.6 is 0 Å². The van der Waals surface area contributed by atoms with Crippen LogP contribution in [0.3, 0.4) is 0 Å². The molecular weight excluding hydrogens is 492 g/mol. The Morgan fingerprint density at radius 1 is 1.13 bits per heavy atom. The quantitative estimate of drug-likeness (QED) is 0.461. The van der Waals surface area contributed by atoms with Crippen LogP contribution in [0.4, 0.5) is 5.82 Å². The molecule has 208 valence electrons. The second-order valence-corrected chi connectivity index (χ2v) is 12.0. The number of hydrogen-bond acceptors (Lipinski definition) is 7. The lowest BCUT2D eigenvalue weighted by molar-refractivity contribution is -0.123. The first-order valence-corrected chi connectivity index (χ1v) is 14.4. The van der Waals surface area contributed by atoms with Crippen LogP contribution in [0.5, 0.6) is 5.75 Å². The highest BCUT2D eigenvalue weighted by Crippen LogP contribution is 2.40. The normalized spacial score (nSPS) is 27.2. The Morgan fingerprint density at radius 3 is 2.67 bits per heavy atom. The maximum Gasteiger partial charge on any atom is 0.234 e. The van der Waals surface area contributed by atoms with Crippen molar-refractivity contribution >= 4 is 22.8 Å². The highest BCUT2D eigenvalue weighted by Gasteiger charge is 2.37. The van der Waals surface area contributed by atoms with E-state index < -0.39 is 0 Å². The van der Waals surface area contributed by atoms with Gasteiger partial charge < -0.3 is 25.5 Å². The fourth-order valence-corrected chi connectivity index (χ4v) is 6.94. The summed E-state index contributed by atoms with van der Waals surface area (Å²) in [5.74, 6) is 1.11. The number of amides is 1. The van der Waals surface area contributed by atoms with Crippen LogP contribution in [-0.4, -0.2) is 62.3 Å². The van der Waals surface area contributed by atoms with E-state index in [-0.39, 0.29) is 23.7 Å². The molecule has 1 saturated carbocycles. The topological polar surface area (TPSA) is 122 Å². The summed E-state index contributed by atoms with van der Waals surface area (Å²) < 4.78 is 14.6. The van der Waals surface area contributed by atoms with Crippen LogP contribution in [0, 0.1) is 0 Å². The zero-order valence-corrected chi connectivity index (χ0v) is 23.0. The van der Waals surface area contributed by atoms with Gasteiger partial charge in [0.05, 0.1) is 23.1 Å². The number of nitrogen functional groups attached to an aromatic ring is 1. The standard InChI is InChI=1S/C30H40N6O3/c1-30(2)13-12-23(39-30)17-38-22-6-3-5-19(15-22)24-16-36(29-26(24)27(31)33-18-34-29)21-10-8-20(9-11-21)35-14-4-7-25(35)28(32)37/h3,5-6,15-16,18,20-21,23,25H,4,7-14,17H2,1-2H3,(H2,32,37)(H2,31,33,34). The third kappa shape index (κ3) is 5.22. The molecule has 9 nitrogen and oxygen atoms in total. The summed E-state index contributed by atoms with van der Waals surface area (Å²) in [5.41, 5.74) is 15.0. The molecule has 2 unspecified atom stereocenters. The van der Waals surface area contributed by atoms with Gasteiger partial charge in [-0.3, -0.25) is 9.69 Å². The van der Waals surface area contributed by atoms with E-state index in [2.05, 4.69) is 51.6 Å². The summed E-state index contributed by atoms with van der Waals surface area (Å²) in [6, 6.07) is 8.76. The zero-order chi connectivity index (χ0) is 27.1. The Hall–Kier alpha value is -3.17. The molecule has 4 N–H and O–H groups in total. The van der Waals surface area contributed by atoms with Crippen molar-refractivity contribution in [3.8, 4) is 16.9 Å². The van der Waals surface area contributed by atoms with Crippen molar-refractivity contribution in [1.82, 2.24) is 19.4 Å². The molecular formula is C30H40N6O3. The molecule has 9 heteroatoms. The Bertz CT molecular complexity index is 1350. The highest BCUT2D eigenvalue weighted by molar-refractivity contribution is 6.00. The predicted molar refractivity (Wildman–Crippen MR) is 151 cm³/mol. The van der Waals surface area contributed by atoms with Crippen molar-refractivity contribution in [3.63, 3.8) is 0 Å². The first-order valence-electron chi connectivity index (χ1n) is 14.4. The van der Waals surface area contributed by atoms with E-state index >= 15 is 0 Å². The molecule has 0 bridgehead atoms. The molecule has 4 heterocycles. The number of likely N-dealkylation sites (tertiary alicyclic amines) is 1. The van der Waals surface area contributed by atoms with Gasteiger partial charge in [-0.2, -0.15) is 0 Å². The molecule has 39 heavy (non-hydrogen) atoms. The van der Waals surface area contributed by atoms with Gasteiger partial charge >= 0.3 is 0 Å². The largest absolute Gasteiger partial charge is 0.491 e. The minimum absolute atomic E-state index is 0.0770. The van der Waals surface area contributed by atoms with Gasteiger partial charge in [0.15, 0.2) is 0 Å². The van der Waals surface area contributed by atoms with Crippen molar-refractivity contribution in [2.24, 2.45) is 5.73 Å². The second kappa shape index (κ2) is 10.4. The number of nitrogens with zero attached hydrogens (tertiary/aromatic N) is 4.